The van der Waals surface area contributed by atoms with Crippen LogP contribution in [-0.4, -0.2) is 5.97 Å². The van der Waals surface area contributed by atoms with E-state index in [2.05, 4.69) is 50.6 Å². The van der Waals surface area contributed by atoms with E-state index in [-0.39, 0.29) is 5.97 Å². The Bertz CT molecular complexity index is 1360. The van der Waals surface area contributed by atoms with Gasteiger partial charge in [0, 0.05) is 43.7 Å². The summed E-state index contributed by atoms with van der Waals surface area (Å²) in [6.45, 7) is 8.61. The summed E-state index contributed by atoms with van der Waals surface area (Å²) < 4.78 is 40.4. The molecule has 5 rings (SSSR count). The summed E-state index contributed by atoms with van der Waals surface area (Å²) in [4.78, 5) is 12.5. The molecule has 6 heteroatoms. The van der Waals surface area contributed by atoms with Gasteiger partial charge in [0.05, 0.1) is 17.4 Å². The Morgan fingerprint density at radius 3 is 2.54 bits per heavy atom. The molecule has 4 nitrogen and oxygen atoms in total. The normalized spacial score (nSPS) is 23.8. The molecule has 0 N–H and O–H groups in total. The van der Waals surface area contributed by atoms with Crippen LogP contribution in [0.4, 0.5) is 8.78 Å². The van der Waals surface area contributed by atoms with Gasteiger partial charge in [0.25, 0.3) is 5.69 Å². The van der Waals surface area contributed by atoms with E-state index in [0.29, 0.717) is 36.1 Å². The highest BCUT2D eigenvalue weighted by Gasteiger charge is 2.60. The fourth-order valence-corrected chi connectivity index (χ4v) is 6.78. The largest absolute Gasteiger partial charge is 0.408 e. The van der Waals surface area contributed by atoms with Crippen LogP contribution in [0, 0.1) is 11.6 Å². The van der Waals surface area contributed by atoms with Crippen LogP contribution in [-0.2, 0) is 22.1 Å². The number of aryl methyl sites for hydroxylation is 1. The molecule has 0 amide bonds. The van der Waals surface area contributed by atoms with Crippen molar-refractivity contribution in [3.05, 3.63) is 83.3 Å². The van der Waals surface area contributed by atoms with Gasteiger partial charge in [-0.05, 0) is 48.9 Å². The number of aromatic nitrogens is 2. The molecule has 37 heavy (non-hydrogen) atoms. The first-order valence-corrected chi connectivity index (χ1v) is 13.6. The van der Waals surface area contributed by atoms with Crippen molar-refractivity contribution >= 4 is 5.97 Å². The standard InChI is InChI=1S/C31H36F2N2O2/c1-5-8-11-21-14-17-35-26(18-21)28-23(19-22(32)20-24(28)33)31(7-3,30(35,4)6-2)15-13-27-34-16-10-9-12-25(34)29(36)37-27/h9-10,12,14,16-20,27H,5-8,11,13,15H2,1-4H3/q+2. The Labute approximate surface area is 217 Å². The SMILES string of the molecule is CCCCc1cc[n+]2c(c1)-c1c(F)cc(F)cc1C(CC)(CCC1OC(=O)c3cccc[n+]31)C2(C)CC. The number of hydrogen-bond acceptors (Lipinski definition) is 2. The molecule has 3 atom stereocenters. The summed E-state index contributed by atoms with van der Waals surface area (Å²) in [7, 11) is 0. The summed E-state index contributed by atoms with van der Waals surface area (Å²) >= 11 is 0. The van der Waals surface area contributed by atoms with Gasteiger partial charge in [0.15, 0.2) is 17.9 Å². The maximum absolute atomic E-state index is 15.7. The lowest BCUT2D eigenvalue weighted by Crippen LogP contribution is -2.68. The number of rotatable bonds is 8. The molecule has 0 spiro atoms. The Morgan fingerprint density at radius 2 is 1.81 bits per heavy atom. The number of ether oxygens (including phenoxy) is 1. The van der Waals surface area contributed by atoms with Crippen molar-refractivity contribution in [1.29, 1.82) is 0 Å². The Hall–Kier alpha value is -3.15. The van der Waals surface area contributed by atoms with Gasteiger partial charge < -0.3 is 4.74 Å². The molecule has 2 aromatic heterocycles. The van der Waals surface area contributed by atoms with Gasteiger partial charge in [-0.3, -0.25) is 0 Å². The number of hydrogen-bond donors (Lipinski definition) is 0. The molecular weight excluding hydrogens is 470 g/mol. The van der Waals surface area contributed by atoms with Gasteiger partial charge in [-0.2, -0.15) is 9.13 Å². The van der Waals surface area contributed by atoms with Gasteiger partial charge in [-0.1, -0.05) is 27.2 Å². The van der Waals surface area contributed by atoms with Crippen LogP contribution in [0.1, 0.15) is 94.1 Å². The molecule has 0 fully saturated rings. The third-order valence-corrected chi connectivity index (χ3v) is 8.99. The molecule has 0 aliphatic carbocycles. The number of unbranched alkanes of at least 4 members (excludes halogenated alkanes) is 1. The number of benzene rings is 1. The lowest BCUT2D eigenvalue weighted by molar-refractivity contribution is -0.767. The second-order valence-corrected chi connectivity index (χ2v) is 10.7. The summed E-state index contributed by atoms with van der Waals surface area (Å²) in [5.74, 6) is -1.43. The summed E-state index contributed by atoms with van der Waals surface area (Å²) in [5, 5.41) is 0. The minimum absolute atomic E-state index is 0.338. The molecule has 4 heterocycles. The molecule has 194 valence electrons. The van der Waals surface area contributed by atoms with Crippen molar-refractivity contribution in [1.82, 2.24) is 0 Å². The molecular formula is C31H36F2N2O2+2. The van der Waals surface area contributed by atoms with Crippen LogP contribution >= 0.6 is 0 Å². The fourth-order valence-electron chi connectivity index (χ4n) is 6.78. The number of carbonyl (C=O) groups is 1. The molecule has 0 radical (unpaired) electrons. The Kier molecular flexibility index (Phi) is 6.63. The number of cyclic esters (lactones) is 1. The molecule has 0 saturated carbocycles. The second kappa shape index (κ2) is 9.62. The van der Waals surface area contributed by atoms with E-state index in [1.807, 2.05) is 22.9 Å². The number of fused-ring (bicyclic) bond motifs is 4. The van der Waals surface area contributed by atoms with Crippen LogP contribution in [0.25, 0.3) is 11.3 Å². The molecule has 0 saturated heterocycles. The highest BCUT2D eigenvalue weighted by Crippen LogP contribution is 2.53. The van der Waals surface area contributed by atoms with Crippen molar-refractivity contribution in [2.45, 2.75) is 89.8 Å². The summed E-state index contributed by atoms with van der Waals surface area (Å²) in [6.07, 6.45) is 9.18. The molecule has 3 aromatic rings. The lowest BCUT2D eigenvalue weighted by atomic mass is 9.57. The van der Waals surface area contributed by atoms with E-state index >= 15 is 4.39 Å². The van der Waals surface area contributed by atoms with E-state index in [1.54, 1.807) is 12.1 Å². The predicted molar refractivity (Wildman–Crippen MR) is 137 cm³/mol. The van der Waals surface area contributed by atoms with Gasteiger partial charge in [0.2, 0.25) is 5.69 Å². The third kappa shape index (κ3) is 3.87. The third-order valence-electron chi connectivity index (χ3n) is 8.99. The average Bonchev–Trinajstić information content (AvgIpc) is 3.22. The Morgan fingerprint density at radius 1 is 1.00 bits per heavy atom. The first kappa shape index (κ1) is 25.5. The fraction of sp³-hybridized carbons (Fsp3) is 0.452. The topological polar surface area (TPSA) is 34.1 Å². The van der Waals surface area contributed by atoms with E-state index in [0.717, 1.165) is 43.0 Å². The van der Waals surface area contributed by atoms with Crippen molar-refractivity contribution in [3.8, 4) is 11.3 Å². The number of pyridine rings is 2. The van der Waals surface area contributed by atoms with Crippen LogP contribution in [0.2, 0.25) is 0 Å². The Balaban J connectivity index is 1.65. The monoisotopic (exact) mass is 506 g/mol. The van der Waals surface area contributed by atoms with Gasteiger partial charge >= 0.3 is 12.2 Å². The first-order valence-electron chi connectivity index (χ1n) is 13.6. The summed E-state index contributed by atoms with van der Waals surface area (Å²) in [6, 6.07) is 12.2. The summed E-state index contributed by atoms with van der Waals surface area (Å²) in [5.41, 5.74) is 2.68. The maximum atomic E-state index is 15.7. The van der Waals surface area contributed by atoms with Gasteiger partial charge in [0.1, 0.15) is 11.6 Å². The van der Waals surface area contributed by atoms with Crippen LogP contribution < -0.4 is 9.13 Å². The van der Waals surface area contributed by atoms with Crippen molar-refractivity contribution in [2.75, 3.05) is 0 Å². The molecule has 0 bridgehead atoms. The van der Waals surface area contributed by atoms with Crippen LogP contribution in [0.3, 0.4) is 0 Å². The maximum Gasteiger partial charge on any atom is 0.408 e. The lowest BCUT2D eigenvalue weighted by Gasteiger charge is -2.48. The minimum Gasteiger partial charge on any atom is -0.394 e. The molecule has 2 aliphatic heterocycles. The molecule has 3 unspecified atom stereocenters. The van der Waals surface area contributed by atoms with E-state index in [4.69, 9.17) is 4.74 Å². The average molecular weight is 507 g/mol. The number of carbonyl (C=O) groups excluding carboxylic acids is 1. The van der Waals surface area contributed by atoms with Gasteiger partial charge in [-0.25, -0.2) is 13.6 Å². The highest BCUT2D eigenvalue weighted by molar-refractivity contribution is 5.86. The van der Waals surface area contributed by atoms with E-state index < -0.39 is 28.8 Å². The zero-order valence-corrected chi connectivity index (χ0v) is 22.2. The van der Waals surface area contributed by atoms with Gasteiger partial charge in [-0.15, -0.1) is 0 Å². The minimum atomic E-state index is -0.576. The number of nitrogens with zero attached hydrogens (tertiary/aromatic N) is 2. The van der Waals surface area contributed by atoms with Crippen molar-refractivity contribution < 1.29 is 27.4 Å². The van der Waals surface area contributed by atoms with Crippen molar-refractivity contribution in [2.24, 2.45) is 0 Å². The molecule has 2 aliphatic rings. The number of halogens is 2. The van der Waals surface area contributed by atoms with Crippen molar-refractivity contribution in [3.63, 3.8) is 0 Å². The number of esters is 1. The smallest absolute Gasteiger partial charge is 0.394 e. The van der Waals surface area contributed by atoms with Crippen LogP contribution in [0.5, 0.6) is 0 Å². The first-order chi connectivity index (χ1) is 17.8. The highest BCUT2D eigenvalue weighted by atomic mass is 19.1. The second-order valence-electron chi connectivity index (χ2n) is 10.7. The predicted octanol–water partition coefficient (Wildman–Crippen LogP) is 6.49. The quantitative estimate of drug-likeness (QED) is 0.259. The molecule has 1 aromatic carbocycles. The van der Waals surface area contributed by atoms with E-state index in [9.17, 15) is 9.18 Å². The zero-order chi connectivity index (χ0) is 26.4. The van der Waals surface area contributed by atoms with E-state index in [1.165, 1.54) is 0 Å². The zero-order valence-electron chi connectivity index (χ0n) is 22.2. The van der Waals surface area contributed by atoms with Crippen LogP contribution in [0.15, 0.2) is 54.9 Å².